The number of nitrogen functional groups attached to an aromatic ring is 2. The Morgan fingerprint density at radius 2 is 1.52 bits per heavy atom. The molecule has 10 atom stereocenters. The molecule has 0 bridgehead atoms. The van der Waals surface area contributed by atoms with Gasteiger partial charge in [-0.05, 0) is 0 Å². The lowest BCUT2D eigenvalue weighted by molar-refractivity contribution is -0.0503. The van der Waals surface area contributed by atoms with E-state index in [1.54, 1.807) is 0 Å². The van der Waals surface area contributed by atoms with Gasteiger partial charge in [0, 0.05) is 0 Å². The molecule has 272 valence electrons. The van der Waals surface area contributed by atoms with Crippen molar-refractivity contribution >= 4 is 57.6 Å². The molecule has 50 heavy (non-hydrogen) atoms. The first kappa shape index (κ1) is 35.9. The third kappa shape index (κ3) is 7.01. The third-order valence-electron chi connectivity index (χ3n) is 7.00. The van der Waals surface area contributed by atoms with Crippen molar-refractivity contribution in [1.82, 2.24) is 39.0 Å². The number of H-pyrrole nitrogens is 1. The number of rotatable bonds is 11. The summed E-state index contributed by atoms with van der Waals surface area (Å²) in [7, 11) is -17.4. The first-order valence-corrected chi connectivity index (χ1v) is 18.0. The Bertz CT molecular complexity index is 2180. The lowest BCUT2D eigenvalue weighted by atomic mass is 10.1. The van der Waals surface area contributed by atoms with E-state index in [1.165, 1.54) is 0 Å². The zero-order valence-electron chi connectivity index (χ0n) is 24.4. The number of ether oxygens (including phenoxy) is 2. The summed E-state index contributed by atoms with van der Waals surface area (Å²) in [6, 6.07) is 0. The second-order valence-electron chi connectivity index (χ2n) is 10.3. The van der Waals surface area contributed by atoms with E-state index in [4.69, 9.17) is 20.9 Å². The van der Waals surface area contributed by atoms with Gasteiger partial charge in [-0.25, -0.2) is 33.6 Å². The highest BCUT2D eigenvalue weighted by Gasteiger charge is 2.48. The van der Waals surface area contributed by atoms with E-state index >= 15 is 0 Å². The van der Waals surface area contributed by atoms with Gasteiger partial charge in [0.25, 0.3) is 5.56 Å². The smallest absolute Gasteiger partial charge is 0.465 e. The van der Waals surface area contributed by atoms with E-state index in [2.05, 4.69) is 47.6 Å². The Labute approximate surface area is 275 Å². The summed E-state index contributed by atoms with van der Waals surface area (Å²) in [5, 5.41) is 41.7. The van der Waals surface area contributed by atoms with Crippen LogP contribution in [0.5, 0.6) is 0 Å². The van der Waals surface area contributed by atoms with Crippen molar-refractivity contribution in [3.05, 3.63) is 41.4 Å². The van der Waals surface area contributed by atoms with Crippen LogP contribution in [0.4, 0.5) is 11.8 Å². The third-order valence-corrected chi connectivity index (χ3v) is 11.2. The maximum Gasteiger partial charge on any atom is 0.535 e. The molecule has 2 fully saturated rings. The lowest BCUT2D eigenvalue weighted by Crippen LogP contribution is -2.33. The summed E-state index contributed by atoms with van der Waals surface area (Å²) in [6.45, 7) is -1.09. The van der Waals surface area contributed by atoms with Crippen molar-refractivity contribution in [2.45, 2.75) is 43.0 Å². The molecule has 12 N–H and O–H groups in total. The van der Waals surface area contributed by atoms with Crippen LogP contribution in [-0.4, -0.2) is 111 Å². The highest BCUT2D eigenvalue weighted by Crippen LogP contribution is 2.68. The lowest BCUT2D eigenvalue weighted by Gasteiger charge is -2.20. The average Bonchev–Trinajstić information content (AvgIpc) is 3.76. The van der Waals surface area contributed by atoms with Crippen molar-refractivity contribution in [2.24, 2.45) is 0 Å². The summed E-state index contributed by atoms with van der Waals surface area (Å²) in [6.07, 6.45) is -8.20. The van der Waals surface area contributed by atoms with Crippen molar-refractivity contribution in [3.8, 4) is 0 Å². The highest BCUT2D eigenvalue weighted by molar-refractivity contribution is 7.66. The van der Waals surface area contributed by atoms with Crippen LogP contribution in [0.25, 0.3) is 22.3 Å². The molecule has 0 amide bonds. The van der Waals surface area contributed by atoms with Gasteiger partial charge in [-0.2, -0.15) is 13.6 Å². The number of phosphoric acid groups is 3. The van der Waals surface area contributed by atoms with Crippen LogP contribution in [0.2, 0.25) is 0 Å². The van der Waals surface area contributed by atoms with Crippen LogP contribution in [0, 0.1) is 0 Å². The number of aromatic amines is 1. The second-order valence-corrected chi connectivity index (χ2v) is 14.9. The zero-order chi connectivity index (χ0) is 36.3. The van der Waals surface area contributed by atoms with Crippen LogP contribution >= 0.6 is 23.5 Å². The molecule has 0 aliphatic carbocycles. The molecule has 0 spiro atoms. The Balaban J connectivity index is 1.06. The fourth-order valence-electron chi connectivity index (χ4n) is 4.81. The molecule has 2 aliphatic rings. The van der Waals surface area contributed by atoms with Crippen LogP contribution in [0.15, 0.2) is 35.8 Å². The highest BCUT2D eigenvalue weighted by atomic mass is 31.3. The van der Waals surface area contributed by atoms with Crippen LogP contribution in [0.3, 0.4) is 0 Å². The predicted octanol–water partition coefficient (Wildman–Crippen LogP) is -2.80. The van der Waals surface area contributed by atoms with Gasteiger partial charge in [-0.3, -0.25) is 28.3 Å². The number of nitrogens with two attached hydrogens (primary N) is 2. The zero-order valence-corrected chi connectivity index (χ0v) is 27.1. The van der Waals surface area contributed by atoms with E-state index in [-0.39, 0.29) is 40.4 Å². The van der Waals surface area contributed by atoms with Gasteiger partial charge in [0.1, 0.15) is 55.0 Å². The van der Waals surface area contributed by atoms with Crippen LogP contribution in [0.1, 0.15) is 12.5 Å². The Hall–Kier alpha value is -3.91. The minimum Gasteiger partial charge on any atom is -0.465 e. The maximum absolute atomic E-state index is 12.4. The molecular formula is C20H25N10O17P3. The van der Waals surface area contributed by atoms with Gasteiger partial charge in [0.15, 0.2) is 34.6 Å². The predicted molar refractivity (Wildman–Crippen MR) is 157 cm³/mol. The van der Waals surface area contributed by atoms with E-state index in [1.807, 2.05) is 0 Å². The average molecular weight is 770 g/mol. The molecule has 6 heterocycles. The molecular weight excluding hydrogens is 745 g/mol. The standard InChI is InChI=1S/C20H25N10O17P3/c21-14-8-15(24-3-23-14)29(4-25-8)18-12(33)10(31)6(44-18)1-42-48(36,37)46-50(40,41)47-49(38,39)43-2-7-11(32)13(34)19(45-7)30-5-26-9-16(30)27-20(22)28-17(9)35/h1,3-5,7,10-13,18-19,31-34H,2H2,(H,36,37)(H,38,39)(H,40,41)(H2,21,23,24)(H3,22,27,28,35)/b6-1-/t7-,10-,11-,12-,13-,18-,19-/m1/s1. The Morgan fingerprint density at radius 3 is 2.24 bits per heavy atom. The maximum atomic E-state index is 12.4. The number of aliphatic hydroxyl groups is 4. The summed E-state index contributed by atoms with van der Waals surface area (Å²) in [4.78, 5) is 63.5. The quantitative estimate of drug-likeness (QED) is 0.0544. The summed E-state index contributed by atoms with van der Waals surface area (Å²) in [5.41, 5.74) is 10.4. The van der Waals surface area contributed by atoms with Crippen LogP contribution < -0.4 is 17.0 Å². The molecule has 4 aromatic rings. The number of nitrogens with one attached hydrogen (secondary N) is 1. The first-order chi connectivity index (χ1) is 23.4. The molecule has 0 radical (unpaired) electrons. The molecule has 30 heteroatoms. The van der Waals surface area contributed by atoms with Gasteiger partial charge in [-0.15, -0.1) is 0 Å². The number of phosphoric ester groups is 2. The minimum absolute atomic E-state index is 0.00659. The molecule has 2 aliphatic heterocycles. The first-order valence-electron chi connectivity index (χ1n) is 13.5. The van der Waals surface area contributed by atoms with Gasteiger partial charge in [0.05, 0.1) is 12.9 Å². The Morgan fingerprint density at radius 1 is 0.860 bits per heavy atom. The molecule has 27 nitrogen and oxygen atoms in total. The van der Waals surface area contributed by atoms with Crippen molar-refractivity contribution in [2.75, 3.05) is 18.1 Å². The van der Waals surface area contributed by atoms with Gasteiger partial charge >= 0.3 is 23.5 Å². The number of imidazole rings is 2. The number of aliphatic hydroxyl groups excluding tert-OH is 4. The molecule has 2 saturated heterocycles. The normalized spacial score (nSPS) is 29.9. The van der Waals surface area contributed by atoms with E-state index in [9.17, 15) is 53.6 Å². The fraction of sp³-hybridized carbons (Fsp3) is 0.400. The minimum atomic E-state index is -6.00. The monoisotopic (exact) mass is 770 g/mol. The molecule has 0 saturated carbocycles. The SMILES string of the molecule is Nc1nc2c(ncn2[C@@H]2O[C@H](COP(=O)(O)OP(=O)(O)OP(=O)(O)O/C=C3\O[C@@H](n4cnc5c(N)ncnc54)[C@H](O)[C@@H]3O)[C@@H](O)[C@H]2O)c(=O)[nH]1. The summed E-state index contributed by atoms with van der Waals surface area (Å²) < 4.78 is 67.2. The fourth-order valence-corrected chi connectivity index (χ4v) is 8.20. The summed E-state index contributed by atoms with van der Waals surface area (Å²) >= 11 is 0. The number of aromatic nitrogens is 8. The van der Waals surface area contributed by atoms with Gasteiger partial charge in [0.2, 0.25) is 12.2 Å². The van der Waals surface area contributed by atoms with Crippen LogP contribution in [-0.2, 0) is 40.8 Å². The summed E-state index contributed by atoms with van der Waals surface area (Å²) in [5.74, 6) is -0.994. The van der Waals surface area contributed by atoms with Crippen molar-refractivity contribution in [3.63, 3.8) is 0 Å². The van der Waals surface area contributed by atoms with Gasteiger partial charge < -0.3 is 55.7 Å². The molecule has 4 aromatic heterocycles. The Kier molecular flexibility index (Phi) is 9.34. The second kappa shape index (κ2) is 13.0. The largest absolute Gasteiger partial charge is 0.535 e. The topological polar surface area (TPSA) is 407 Å². The number of hydrogen-bond acceptors (Lipinski definition) is 21. The number of fused-ring (bicyclic) bond motifs is 2. The van der Waals surface area contributed by atoms with Gasteiger partial charge in [-0.1, -0.05) is 0 Å². The van der Waals surface area contributed by atoms with E-state index in [0.29, 0.717) is 0 Å². The van der Waals surface area contributed by atoms with Crippen molar-refractivity contribution in [1.29, 1.82) is 0 Å². The van der Waals surface area contributed by atoms with E-state index < -0.39 is 84.4 Å². The number of anilines is 2. The molecule has 3 unspecified atom stereocenters. The molecule has 0 aromatic carbocycles. The van der Waals surface area contributed by atoms with Crippen molar-refractivity contribution < 1.29 is 75.9 Å². The van der Waals surface area contributed by atoms with E-state index in [0.717, 1.165) is 28.1 Å². The number of hydrogen-bond donors (Lipinski definition) is 10. The number of nitrogens with zero attached hydrogens (tertiary/aromatic N) is 7. The molecule has 6 rings (SSSR count).